The molecule has 2 fully saturated rings. The van der Waals surface area contributed by atoms with Crippen molar-refractivity contribution in [3.63, 3.8) is 0 Å². The molecule has 11 nitrogen and oxygen atoms in total. The van der Waals surface area contributed by atoms with Crippen molar-refractivity contribution in [2.75, 3.05) is 26.4 Å². The summed E-state index contributed by atoms with van der Waals surface area (Å²) in [6, 6.07) is 11.3. The SMILES string of the molecule is Cc1ccc(S(=O)(=O)OCC2CO2)cc1.O=[N+]([O-])c1cccc(S(=O)(=O)OCC2CO2)c1. The summed E-state index contributed by atoms with van der Waals surface area (Å²) in [5.41, 5.74) is 0.719. The van der Waals surface area contributed by atoms with Gasteiger partial charge in [0.2, 0.25) is 0 Å². The topological polar surface area (TPSA) is 155 Å². The lowest BCUT2D eigenvalue weighted by atomic mass is 10.2. The molecule has 2 saturated heterocycles. The summed E-state index contributed by atoms with van der Waals surface area (Å²) in [6.07, 6.45) is -0.242. The number of hydrogen-bond donors (Lipinski definition) is 0. The van der Waals surface area contributed by atoms with Crippen molar-refractivity contribution in [2.45, 2.75) is 28.9 Å². The van der Waals surface area contributed by atoms with Crippen LogP contribution in [0.2, 0.25) is 0 Å². The molecule has 2 unspecified atom stereocenters. The Balaban J connectivity index is 0.000000182. The average molecular weight is 488 g/mol. The van der Waals surface area contributed by atoms with Crippen LogP contribution in [-0.4, -0.2) is 60.4 Å². The zero-order valence-electron chi connectivity index (χ0n) is 16.9. The molecule has 0 amide bonds. The van der Waals surface area contributed by atoms with Crippen molar-refractivity contribution in [1.82, 2.24) is 0 Å². The number of ether oxygens (including phenoxy) is 2. The van der Waals surface area contributed by atoms with Gasteiger partial charge in [-0.3, -0.25) is 18.5 Å². The van der Waals surface area contributed by atoms with Gasteiger partial charge in [0.1, 0.15) is 17.1 Å². The second-order valence-corrected chi connectivity index (χ2v) is 10.2. The average Bonchev–Trinajstić information content (AvgIpc) is 3.67. The first-order valence-electron chi connectivity index (χ1n) is 9.40. The summed E-state index contributed by atoms with van der Waals surface area (Å²) in [5, 5.41) is 10.5. The van der Waals surface area contributed by atoms with Gasteiger partial charge >= 0.3 is 0 Å². The van der Waals surface area contributed by atoms with Gasteiger partial charge in [-0.2, -0.15) is 16.8 Å². The van der Waals surface area contributed by atoms with Crippen molar-refractivity contribution >= 4 is 25.9 Å². The quantitative estimate of drug-likeness (QED) is 0.221. The lowest BCUT2D eigenvalue weighted by molar-refractivity contribution is -0.385. The van der Waals surface area contributed by atoms with Gasteiger partial charge < -0.3 is 9.47 Å². The van der Waals surface area contributed by atoms with Crippen molar-refractivity contribution in [1.29, 1.82) is 0 Å². The molecule has 0 aromatic heterocycles. The van der Waals surface area contributed by atoms with Gasteiger partial charge in [-0.15, -0.1) is 0 Å². The standard InChI is InChI=1S/C10H12O4S.C9H9NO6S/c1-8-2-4-10(5-3-8)15(11,12)14-7-9-6-13-9;11-10(12)7-2-1-3-9(4-7)17(13,14)16-6-8-5-15-8/h2-5,9H,6-7H2,1H3;1-4,8H,5-6H2. The monoisotopic (exact) mass is 487 g/mol. The van der Waals surface area contributed by atoms with Crippen molar-refractivity contribution in [3.8, 4) is 0 Å². The smallest absolute Gasteiger partial charge is 0.297 e. The van der Waals surface area contributed by atoms with Crippen molar-refractivity contribution in [3.05, 3.63) is 64.2 Å². The third-order valence-corrected chi connectivity index (χ3v) is 6.82. The molecule has 174 valence electrons. The summed E-state index contributed by atoms with van der Waals surface area (Å²) < 4.78 is 65.7. The highest BCUT2D eigenvalue weighted by atomic mass is 32.2. The van der Waals surface area contributed by atoms with E-state index in [1.54, 1.807) is 24.3 Å². The van der Waals surface area contributed by atoms with Gasteiger partial charge in [-0.25, -0.2) is 0 Å². The highest BCUT2D eigenvalue weighted by Gasteiger charge is 2.27. The maximum atomic E-state index is 11.6. The maximum Gasteiger partial charge on any atom is 0.297 e. The van der Waals surface area contributed by atoms with E-state index in [9.17, 15) is 26.9 Å². The highest BCUT2D eigenvalue weighted by molar-refractivity contribution is 7.87. The molecule has 2 aromatic rings. The van der Waals surface area contributed by atoms with E-state index < -0.39 is 25.2 Å². The van der Waals surface area contributed by atoms with Crippen LogP contribution in [0.5, 0.6) is 0 Å². The van der Waals surface area contributed by atoms with Crippen LogP contribution in [0.25, 0.3) is 0 Å². The van der Waals surface area contributed by atoms with Gasteiger partial charge in [-0.1, -0.05) is 23.8 Å². The van der Waals surface area contributed by atoms with Gasteiger partial charge in [0.25, 0.3) is 25.9 Å². The molecule has 0 radical (unpaired) electrons. The normalized spacial score (nSPS) is 19.5. The Bertz CT molecular complexity index is 1150. The molecule has 0 N–H and O–H groups in total. The lowest BCUT2D eigenvalue weighted by Crippen LogP contribution is -2.11. The molecule has 2 aromatic carbocycles. The number of aryl methyl sites for hydroxylation is 1. The second kappa shape index (κ2) is 10.0. The molecule has 0 aliphatic carbocycles. The van der Waals surface area contributed by atoms with Crippen LogP contribution >= 0.6 is 0 Å². The third kappa shape index (κ3) is 7.32. The Kier molecular flexibility index (Phi) is 7.59. The van der Waals surface area contributed by atoms with Crippen LogP contribution in [0.1, 0.15) is 5.56 Å². The summed E-state index contributed by atoms with van der Waals surface area (Å²) in [6.45, 7) is 3.00. The fraction of sp³-hybridized carbons (Fsp3) is 0.368. The predicted octanol–water partition coefficient (Wildman–Crippen LogP) is 1.80. The van der Waals surface area contributed by atoms with E-state index in [0.29, 0.717) is 13.2 Å². The van der Waals surface area contributed by atoms with Crippen LogP contribution in [0, 0.1) is 17.0 Å². The molecule has 2 atom stereocenters. The fourth-order valence-electron chi connectivity index (χ4n) is 2.25. The number of nitro benzene ring substituents is 1. The van der Waals surface area contributed by atoms with E-state index in [4.69, 9.17) is 17.8 Å². The molecule has 32 heavy (non-hydrogen) atoms. The van der Waals surface area contributed by atoms with Gasteiger partial charge in [-0.05, 0) is 25.1 Å². The van der Waals surface area contributed by atoms with E-state index in [1.807, 2.05) is 6.92 Å². The summed E-state index contributed by atoms with van der Waals surface area (Å²) >= 11 is 0. The number of benzene rings is 2. The summed E-state index contributed by atoms with van der Waals surface area (Å²) in [7, 11) is -7.57. The largest absolute Gasteiger partial charge is 0.371 e. The van der Waals surface area contributed by atoms with Gasteiger partial charge in [0, 0.05) is 12.1 Å². The summed E-state index contributed by atoms with van der Waals surface area (Å²) in [5.74, 6) is 0. The van der Waals surface area contributed by atoms with E-state index in [-0.39, 0.29) is 40.9 Å². The van der Waals surface area contributed by atoms with E-state index in [1.165, 1.54) is 18.2 Å². The molecule has 0 saturated carbocycles. The van der Waals surface area contributed by atoms with Gasteiger partial charge in [0.05, 0.1) is 36.2 Å². The Morgan fingerprint density at radius 2 is 1.41 bits per heavy atom. The molecule has 13 heteroatoms. The van der Waals surface area contributed by atoms with Crippen molar-refractivity contribution < 1.29 is 39.6 Å². The van der Waals surface area contributed by atoms with E-state index >= 15 is 0 Å². The van der Waals surface area contributed by atoms with Gasteiger partial charge in [0.15, 0.2) is 0 Å². The zero-order chi connectivity index (χ0) is 23.4. The Labute approximate surface area is 185 Å². The minimum absolute atomic E-state index is 0.0507. The molecule has 0 bridgehead atoms. The Morgan fingerprint density at radius 1 is 0.906 bits per heavy atom. The number of epoxide rings is 2. The van der Waals surface area contributed by atoms with Crippen LogP contribution < -0.4 is 0 Å². The fourth-order valence-corrected chi connectivity index (χ4v) is 4.17. The molecule has 2 aliphatic heterocycles. The Morgan fingerprint density at radius 3 is 1.88 bits per heavy atom. The number of nitrogens with zero attached hydrogens (tertiary/aromatic N) is 1. The maximum absolute atomic E-state index is 11.6. The molecular weight excluding hydrogens is 466 g/mol. The van der Waals surface area contributed by atoms with Crippen LogP contribution in [0.4, 0.5) is 5.69 Å². The zero-order valence-corrected chi connectivity index (χ0v) is 18.6. The van der Waals surface area contributed by atoms with Crippen LogP contribution in [0.3, 0.4) is 0 Å². The minimum atomic E-state index is -3.96. The first-order chi connectivity index (χ1) is 15.1. The molecular formula is C19H21NO10S2. The number of non-ortho nitro benzene ring substituents is 1. The summed E-state index contributed by atoms with van der Waals surface area (Å²) in [4.78, 5) is 9.80. The second-order valence-electron chi connectivity index (χ2n) is 6.96. The first kappa shape index (κ1) is 24.2. The highest BCUT2D eigenvalue weighted by Crippen LogP contribution is 2.20. The first-order valence-corrected chi connectivity index (χ1v) is 12.2. The minimum Gasteiger partial charge on any atom is -0.371 e. The number of rotatable bonds is 9. The molecule has 2 aliphatic rings. The molecule has 4 rings (SSSR count). The lowest BCUT2D eigenvalue weighted by Gasteiger charge is -2.03. The third-order valence-electron chi connectivity index (χ3n) is 4.25. The number of hydrogen-bond acceptors (Lipinski definition) is 10. The number of nitro groups is 1. The van der Waals surface area contributed by atoms with E-state index in [0.717, 1.165) is 11.6 Å². The predicted molar refractivity (Wildman–Crippen MR) is 110 cm³/mol. The van der Waals surface area contributed by atoms with Crippen LogP contribution in [0.15, 0.2) is 58.3 Å². The Hall–Kier alpha value is -2.42. The van der Waals surface area contributed by atoms with Crippen molar-refractivity contribution in [2.24, 2.45) is 0 Å². The molecule has 0 spiro atoms. The van der Waals surface area contributed by atoms with Crippen LogP contribution in [-0.2, 0) is 38.1 Å². The van der Waals surface area contributed by atoms with E-state index in [2.05, 4.69) is 0 Å². The molecule has 2 heterocycles.